The Morgan fingerprint density at radius 2 is 1.84 bits per heavy atom. The predicted molar refractivity (Wildman–Crippen MR) is 92.0 cm³/mol. The summed E-state index contributed by atoms with van der Waals surface area (Å²) in [5.74, 6) is -1.13. The molecule has 1 fully saturated rings. The van der Waals surface area contributed by atoms with Crippen LogP contribution < -0.4 is 5.32 Å². The van der Waals surface area contributed by atoms with Crippen LogP contribution in [0.3, 0.4) is 0 Å². The van der Waals surface area contributed by atoms with Crippen LogP contribution in [-0.4, -0.2) is 31.7 Å². The molecule has 1 atom stereocenters. The summed E-state index contributed by atoms with van der Waals surface area (Å²) in [6.07, 6.45) is 0. The number of nitrogens with zero attached hydrogens (tertiary/aromatic N) is 1. The molecule has 0 spiro atoms. The molecule has 1 heterocycles. The lowest BCUT2D eigenvalue weighted by molar-refractivity contribution is -0.127. The Morgan fingerprint density at radius 3 is 2.52 bits per heavy atom. The molecule has 25 heavy (non-hydrogen) atoms. The normalized spacial score (nSPS) is 18.8. The van der Waals surface area contributed by atoms with E-state index in [1.54, 1.807) is 18.2 Å². The fraction of sp³-hybridized carbons (Fsp3) is 0.278. The molecule has 0 saturated carbocycles. The van der Waals surface area contributed by atoms with E-state index in [4.69, 9.17) is 0 Å². The number of piperazine rings is 1. The van der Waals surface area contributed by atoms with E-state index in [0.717, 1.165) is 15.4 Å². The fourth-order valence-corrected chi connectivity index (χ4v) is 4.56. The first-order valence-corrected chi connectivity index (χ1v) is 9.37. The summed E-state index contributed by atoms with van der Waals surface area (Å²) < 4.78 is 41.5. The van der Waals surface area contributed by atoms with Crippen LogP contribution in [-0.2, 0) is 14.8 Å². The summed E-state index contributed by atoms with van der Waals surface area (Å²) in [5, 5.41) is 2.62. The first-order chi connectivity index (χ1) is 11.8. The smallest absolute Gasteiger partial charge is 0.244 e. The molecule has 0 radical (unpaired) electrons. The van der Waals surface area contributed by atoms with Crippen LogP contribution in [0.5, 0.6) is 0 Å². The second-order valence-corrected chi connectivity index (χ2v) is 7.97. The maximum absolute atomic E-state index is 14.2. The number of nitrogens with one attached hydrogen (secondary N) is 1. The van der Waals surface area contributed by atoms with Gasteiger partial charge >= 0.3 is 0 Å². The van der Waals surface area contributed by atoms with Crippen LogP contribution in [0.1, 0.15) is 22.7 Å². The van der Waals surface area contributed by atoms with Gasteiger partial charge in [-0.05, 0) is 43.2 Å². The van der Waals surface area contributed by atoms with Crippen LogP contribution in [0.2, 0.25) is 0 Å². The van der Waals surface area contributed by atoms with Gasteiger partial charge in [0.15, 0.2) is 0 Å². The molecule has 1 N–H and O–H groups in total. The number of sulfonamides is 1. The molecule has 0 aromatic heterocycles. The Balaban J connectivity index is 2.10. The summed E-state index contributed by atoms with van der Waals surface area (Å²) in [6.45, 7) is 3.99. The standard InChI is InChI=1S/C18H19FN2O3S/c1-12-7-8-14(11-13(12)2)25(23,24)21-10-9-20-18(22)17(21)15-5-3-4-6-16(15)19/h3-8,11,17H,9-10H2,1-2H3,(H,20,22). The molecule has 2 aromatic carbocycles. The number of amides is 1. The van der Waals surface area contributed by atoms with Gasteiger partial charge in [0.05, 0.1) is 4.90 Å². The number of benzene rings is 2. The van der Waals surface area contributed by atoms with Gasteiger partial charge in [-0.15, -0.1) is 0 Å². The van der Waals surface area contributed by atoms with E-state index < -0.39 is 27.8 Å². The number of carbonyl (C=O) groups excluding carboxylic acids is 1. The molecular formula is C18H19FN2O3S. The van der Waals surface area contributed by atoms with Crippen molar-refractivity contribution < 1.29 is 17.6 Å². The summed E-state index contributed by atoms with van der Waals surface area (Å²) in [7, 11) is -3.94. The van der Waals surface area contributed by atoms with Crippen LogP contribution >= 0.6 is 0 Å². The third-order valence-electron chi connectivity index (χ3n) is 4.45. The van der Waals surface area contributed by atoms with Gasteiger partial charge in [0.1, 0.15) is 11.9 Å². The molecule has 1 unspecified atom stereocenters. The summed E-state index contributed by atoms with van der Waals surface area (Å²) in [4.78, 5) is 12.5. The SMILES string of the molecule is Cc1ccc(S(=O)(=O)N2CCNC(=O)C2c2ccccc2F)cc1C. The molecule has 1 aliphatic rings. The molecule has 132 valence electrons. The van der Waals surface area contributed by atoms with E-state index in [2.05, 4.69) is 5.32 Å². The number of rotatable bonds is 3. The Kier molecular flexibility index (Phi) is 4.62. The van der Waals surface area contributed by atoms with E-state index in [1.165, 1.54) is 24.3 Å². The topological polar surface area (TPSA) is 66.5 Å². The number of hydrogen-bond donors (Lipinski definition) is 1. The Labute approximate surface area is 146 Å². The van der Waals surface area contributed by atoms with Crippen LogP contribution in [0.25, 0.3) is 0 Å². The van der Waals surface area contributed by atoms with Gasteiger partial charge in [0, 0.05) is 18.7 Å². The second kappa shape index (κ2) is 6.57. The fourth-order valence-electron chi connectivity index (χ4n) is 2.91. The third-order valence-corrected chi connectivity index (χ3v) is 6.31. The van der Waals surface area contributed by atoms with E-state index in [-0.39, 0.29) is 23.5 Å². The summed E-state index contributed by atoms with van der Waals surface area (Å²) >= 11 is 0. The van der Waals surface area contributed by atoms with Crippen LogP contribution in [0.15, 0.2) is 47.4 Å². The van der Waals surface area contributed by atoms with Crippen LogP contribution in [0, 0.1) is 19.7 Å². The average Bonchev–Trinajstić information content (AvgIpc) is 2.58. The van der Waals surface area contributed by atoms with Gasteiger partial charge in [-0.25, -0.2) is 12.8 Å². The van der Waals surface area contributed by atoms with Crippen molar-refractivity contribution >= 4 is 15.9 Å². The highest BCUT2D eigenvalue weighted by Crippen LogP contribution is 2.31. The molecule has 7 heteroatoms. The zero-order valence-corrected chi connectivity index (χ0v) is 14.8. The Bertz CT molecular complexity index is 928. The minimum absolute atomic E-state index is 0.0482. The van der Waals surface area contributed by atoms with E-state index >= 15 is 0 Å². The third kappa shape index (κ3) is 3.17. The number of carbonyl (C=O) groups is 1. The van der Waals surface area contributed by atoms with Gasteiger partial charge in [-0.1, -0.05) is 24.3 Å². The van der Waals surface area contributed by atoms with Crippen molar-refractivity contribution in [3.63, 3.8) is 0 Å². The lowest BCUT2D eigenvalue weighted by atomic mass is 10.0. The minimum Gasteiger partial charge on any atom is -0.353 e. The lowest BCUT2D eigenvalue weighted by Crippen LogP contribution is -2.52. The maximum Gasteiger partial charge on any atom is 0.244 e. The summed E-state index contributed by atoms with van der Waals surface area (Å²) in [5.41, 5.74) is 1.86. The highest BCUT2D eigenvalue weighted by molar-refractivity contribution is 7.89. The molecular weight excluding hydrogens is 343 g/mol. The van der Waals surface area contributed by atoms with E-state index in [0.29, 0.717) is 0 Å². The monoisotopic (exact) mass is 362 g/mol. The van der Waals surface area contributed by atoms with Crippen LogP contribution in [0.4, 0.5) is 4.39 Å². The Morgan fingerprint density at radius 1 is 1.12 bits per heavy atom. The molecule has 2 aromatic rings. The molecule has 0 aliphatic carbocycles. The largest absolute Gasteiger partial charge is 0.353 e. The summed E-state index contributed by atoms with van der Waals surface area (Å²) in [6, 6.07) is 9.35. The van der Waals surface area contributed by atoms with Gasteiger partial charge in [-0.3, -0.25) is 4.79 Å². The maximum atomic E-state index is 14.2. The quantitative estimate of drug-likeness (QED) is 0.911. The van der Waals surface area contributed by atoms with Crippen molar-refractivity contribution in [3.05, 3.63) is 65.0 Å². The van der Waals surface area contributed by atoms with E-state index in [1.807, 2.05) is 13.8 Å². The highest BCUT2D eigenvalue weighted by Gasteiger charge is 2.40. The van der Waals surface area contributed by atoms with Crippen molar-refractivity contribution in [3.8, 4) is 0 Å². The lowest BCUT2D eigenvalue weighted by Gasteiger charge is -2.34. The average molecular weight is 362 g/mol. The van der Waals surface area contributed by atoms with Crippen molar-refractivity contribution in [2.24, 2.45) is 0 Å². The first-order valence-electron chi connectivity index (χ1n) is 7.93. The predicted octanol–water partition coefficient (Wildman–Crippen LogP) is 2.30. The second-order valence-electron chi connectivity index (χ2n) is 6.08. The van der Waals surface area contributed by atoms with Gasteiger partial charge < -0.3 is 5.32 Å². The molecule has 5 nitrogen and oxygen atoms in total. The van der Waals surface area contributed by atoms with Crippen molar-refractivity contribution in [2.45, 2.75) is 24.8 Å². The first kappa shape index (κ1) is 17.6. The van der Waals surface area contributed by atoms with Crippen molar-refractivity contribution in [1.82, 2.24) is 9.62 Å². The zero-order chi connectivity index (χ0) is 18.2. The van der Waals surface area contributed by atoms with E-state index in [9.17, 15) is 17.6 Å². The minimum atomic E-state index is -3.94. The van der Waals surface area contributed by atoms with Gasteiger partial charge in [-0.2, -0.15) is 4.31 Å². The molecule has 1 aliphatic heterocycles. The number of aryl methyl sites for hydroxylation is 2. The molecule has 1 saturated heterocycles. The Hall–Kier alpha value is -2.25. The van der Waals surface area contributed by atoms with Crippen molar-refractivity contribution in [2.75, 3.05) is 13.1 Å². The van der Waals surface area contributed by atoms with Crippen molar-refractivity contribution in [1.29, 1.82) is 0 Å². The molecule has 0 bridgehead atoms. The molecule has 3 rings (SSSR count). The highest BCUT2D eigenvalue weighted by atomic mass is 32.2. The molecule has 1 amide bonds. The zero-order valence-electron chi connectivity index (χ0n) is 14.0. The number of hydrogen-bond acceptors (Lipinski definition) is 3. The number of halogens is 1. The van der Waals surface area contributed by atoms with Gasteiger partial charge in [0.2, 0.25) is 15.9 Å². The van der Waals surface area contributed by atoms with Gasteiger partial charge in [0.25, 0.3) is 0 Å².